The smallest absolute Gasteiger partial charge is 0.0465 e. The van der Waals surface area contributed by atoms with Crippen molar-refractivity contribution in [3.8, 4) is 55.6 Å². The van der Waals surface area contributed by atoms with E-state index in [-0.39, 0.29) is 10.8 Å². The zero-order valence-corrected chi connectivity index (χ0v) is 39.5. The van der Waals surface area contributed by atoms with Crippen LogP contribution in [0.2, 0.25) is 0 Å². The van der Waals surface area contributed by atoms with Crippen LogP contribution >= 0.6 is 0 Å². The van der Waals surface area contributed by atoms with Crippen molar-refractivity contribution in [3.05, 3.63) is 264 Å². The molecule has 0 fully saturated rings. The fourth-order valence-electron chi connectivity index (χ4n) is 11.8. The molecular formula is C67H52N2. The van der Waals surface area contributed by atoms with E-state index < -0.39 is 0 Å². The van der Waals surface area contributed by atoms with Gasteiger partial charge in [0.1, 0.15) is 0 Å². The second-order valence-electron chi connectivity index (χ2n) is 20.2. The third-order valence-corrected chi connectivity index (χ3v) is 15.5. The summed E-state index contributed by atoms with van der Waals surface area (Å²) in [4.78, 5) is 4.78. The van der Waals surface area contributed by atoms with E-state index in [1.54, 1.807) is 0 Å². The highest BCUT2D eigenvalue weighted by Crippen LogP contribution is 2.52. The van der Waals surface area contributed by atoms with Crippen molar-refractivity contribution in [2.75, 3.05) is 9.80 Å². The van der Waals surface area contributed by atoms with Crippen LogP contribution < -0.4 is 9.80 Å². The lowest BCUT2D eigenvalue weighted by molar-refractivity contribution is 0.660. The Morgan fingerprint density at radius 1 is 0.261 bits per heavy atom. The molecule has 0 heterocycles. The van der Waals surface area contributed by atoms with E-state index in [9.17, 15) is 0 Å². The third-order valence-electron chi connectivity index (χ3n) is 15.5. The number of hydrogen-bond acceptors (Lipinski definition) is 2. The van der Waals surface area contributed by atoms with Gasteiger partial charge >= 0.3 is 0 Å². The average Bonchev–Trinajstić information content (AvgIpc) is 3.96. The molecule has 0 saturated carbocycles. The molecule has 13 rings (SSSR count). The molecule has 0 atom stereocenters. The SMILES string of the molecule is CC1(C)c2ccccc2-c2ccc(N(c3ccccc3)c3ccc(-c4ccc5c(c4)-c4cc(-c6ccc(N(c7ccccc7)c7ccc8c(c7)C(C)(C)c7ccccc7-8)cc6)ccc4C5)cc3)cc21. The monoisotopic (exact) mass is 884 g/mol. The van der Waals surface area contributed by atoms with Gasteiger partial charge in [0.05, 0.1) is 0 Å². The Kier molecular flexibility index (Phi) is 9.33. The topological polar surface area (TPSA) is 6.48 Å². The van der Waals surface area contributed by atoms with Gasteiger partial charge in [0, 0.05) is 45.0 Å². The molecule has 3 aliphatic rings. The van der Waals surface area contributed by atoms with Crippen molar-refractivity contribution in [1.82, 2.24) is 0 Å². The summed E-state index contributed by atoms with van der Waals surface area (Å²) >= 11 is 0. The van der Waals surface area contributed by atoms with Crippen LogP contribution in [0.3, 0.4) is 0 Å². The van der Waals surface area contributed by atoms with E-state index in [1.165, 1.54) is 89.0 Å². The Hall–Kier alpha value is -8.20. The quantitative estimate of drug-likeness (QED) is 0.150. The summed E-state index contributed by atoms with van der Waals surface area (Å²) in [5.41, 5.74) is 27.9. The van der Waals surface area contributed by atoms with Crippen LogP contribution in [-0.2, 0) is 17.3 Å². The maximum atomic E-state index is 2.41. The highest BCUT2D eigenvalue weighted by atomic mass is 15.1. The van der Waals surface area contributed by atoms with Crippen molar-refractivity contribution in [3.63, 3.8) is 0 Å². The molecule has 0 radical (unpaired) electrons. The van der Waals surface area contributed by atoms with Gasteiger partial charge in [-0.15, -0.1) is 0 Å². The first-order chi connectivity index (χ1) is 33.7. The van der Waals surface area contributed by atoms with Crippen LogP contribution in [0.5, 0.6) is 0 Å². The number of anilines is 6. The molecule has 0 unspecified atom stereocenters. The Morgan fingerprint density at radius 2 is 0.594 bits per heavy atom. The van der Waals surface area contributed by atoms with E-state index in [0.29, 0.717) is 0 Å². The first-order valence-electron chi connectivity index (χ1n) is 24.4. The zero-order chi connectivity index (χ0) is 46.4. The van der Waals surface area contributed by atoms with Gasteiger partial charge in [0.25, 0.3) is 0 Å². The first-order valence-corrected chi connectivity index (χ1v) is 24.4. The second kappa shape index (κ2) is 15.7. The van der Waals surface area contributed by atoms with Gasteiger partial charge in [0.15, 0.2) is 0 Å². The molecule has 0 aromatic heterocycles. The maximum absolute atomic E-state index is 2.41. The summed E-state index contributed by atoms with van der Waals surface area (Å²) in [6.07, 6.45) is 0.951. The van der Waals surface area contributed by atoms with Crippen LogP contribution in [0.15, 0.2) is 231 Å². The minimum atomic E-state index is -0.0775. The molecule has 0 N–H and O–H groups in total. The van der Waals surface area contributed by atoms with Crippen LogP contribution in [0.4, 0.5) is 34.1 Å². The summed E-state index contributed by atoms with van der Waals surface area (Å²) < 4.78 is 0. The molecule has 0 saturated heterocycles. The number of nitrogens with zero attached hydrogens (tertiary/aromatic N) is 2. The third kappa shape index (κ3) is 6.61. The van der Waals surface area contributed by atoms with Gasteiger partial charge in [-0.3, -0.25) is 0 Å². The zero-order valence-electron chi connectivity index (χ0n) is 39.5. The molecule has 0 bridgehead atoms. The predicted octanol–water partition coefficient (Wildman–Crippen LogP) is 18.1. The van der Waals surface area contributed by atoms with E-state index in [1.807, 2.05) is 0 Å². The normalized spacial score (nSPS) is 14.0. The lowest BCUT2D eigenvalue weighted by Gasteiger charge is -2.28. The number of hydrogen-bond donors (Lipinski definition) is 0. The number of fused-ring (bicyclic) bond motifs is 9. The van der Waals surface area contributed by atoms with Crippen LogP contribution in [0, 0.1) is 0 Å². The summed E-state index contributed by atoms with van der Waals surface area (Å²) in [7, 11) is 0. The molecule has 2 nitrogen and oxygen atoms in total. The fourth-order valence-corrected chi connectivity index (χ4v) is 11.8. The molecule has 10 aromatic carbocycles. The van der Waals surface area contributed by atoms with Crippen molar-refractivity contribution < 1.29 is 0 Å². The van der Waals surface area contributed by atoms with Gasteiger partial charge in [0.2, 0.25) is 0 Å². The van der Waals surface area contributed by atoms with Crippen LogP contribution in [0.1, 0.15) is 61.1 Å². The lowest BCUT2D eigenvalue weighted by Crippen LogP contribution is -2.16. The van der Waals surface area contributed by atoms with Crippen LogP contribution in [0.25, 0.3) is 55.6 Å². The van der Waals surface area contributed by atoms with Gasteiger partial charge in [-0.2, -0.15) is 0 Å². The molecule has 10 aromatic rings. The Balaban J connectivity index is 0.799. The van der Waals surface area contributed by atoms with Gasteiger partial charge in [-0.1, -0.05) is 173 Å². The fraction of sp³-hybridized carbons (Fsp3) is 0.104. The Morgan fingerprint density at radius 3 is 1.01 bits per heavy atom. The number of para-hydroxylation sites is 2. The van der Waals surface area contributed by atoms with E-state index >= 15 is 0 Å². The summed E-state index contributed by atoms with van der Waals surface area (Å²) in [6.45, 7) is 9.41. The highest BCUT2D eigenvalue weighted by Gasteiger charge is 2.37. The van der Waals surface area contributed by atoms with E-state index in [4.69, 9.17) is 0 Å². The molecule has 3 aliphatic carbocycles. The minimum absolute atomic E-state index is 0.0775. The summed E-state index contributed by atoms with van der Waals surface area (Å²) in [6, 6.07) is 85.6. The van der Waals surface area contributed by atoms with Gasteiger partial charge < -0.3 is 9.80 Å². The molecule has 0 amide bonds. The molecule has 0 spiro atoms. The van der Waals surface area contributed by atoms with Crippen LogP contribution in [-0.4, -0.2) is 0 Å². The van der Waals surface area contributed by atoms with Gasteiger partial charge in [-0.25, -0.2) is 0 Å². The molecule has 2 heteroatoms. The van der Waals surface area contributed by atoms with Crippen molar-refractivity contribution in [2.24, 2.45) is 0 Å². The summed E-state index contributed by atoms with van der Waals surface area (Å²) in [5.74, 6) is 0. The van der Waals surface area contributed by atoms with E-state index in [0.717, 1.165) is 40.5 Å². The summed E-state index contributed by atoms with van der Waals surface area (Å²) in [5, 5.41) is 0. The van der Waals surface area contributed by atoms with Crippen molar-refractivity contribution >= 4 is 34.1 Å². The minimum Gasteiger partial charge on any atom is -0.310 e. The highest BCUT2D eigenvalue weighted by molar-refractivity contribution is 5.89. The number of benzene rings is 10. The van der Waals surface area contributed by atoms with Crippen molar-refractivity contribution in [2.45, 2.75) is 44.9 Å². The Labute approximate surface area is 406 Å². The maximum Gasteiger partial charge on any atom is 0.0465 e. The van der Waals surface area contributed by atoms with E-state index in [2.05, 4.69) is 268 Å². The standard InChI is InChI=1S/C67H52N2/c1-66(2)62-21-13-11-19-56(62)58-37-35-54(42-64(58)66)68(50-15-7-5-8-16-50)52-31-27-44(28-32-52)46-23-25-48-39-49-26-24-47(41-61(49)60(48)40-46)45-29-33-53(34-30-45)69(51-17-9-6-10-18-51)55-36-38-59-57-20-12-14-22-63(57)67(3,4)65(59)43-55/h5-38,40-43H,39H2,1-4H3. The largest absolute Gasteiger partial charge is 0.310 e. The lowest BCUT2D eigenvalue weighted by atomic mass is 9.82. The molecule has 330 valence electrons. The van der Waals surface area contributed by atoms with Crippen molar-refractivity contribution in [1.29, 1.82) is 0 Å². The average molecular weight is 885 g/mol. The second-order valence-corrected chi connectivity index (χ2v) is 20.2. The molecule has 0 aliphatic heterocycles. The predicted molar refractivity (Wildman–Crippen MR) is 290 cm³/mol. The molecular weight excluding hydrogens is 833 g/mol. The Bertz CT molecular complexity index is 3380. The first kappa shape index (κ1) is 41.0. The number of rotatable bonds is 8. The van der Waals surface area contributed by atoms with Gasteiger partial charge in [-0.05, 0) is 180 Å². The molecule has 69 heavy (non-hydrogen) atoms.